The van der Waals surface area contributed by atoms with Gasteiger partial charge in [0.05, 0.1) is 6.04 Å². The first-order valence-corrected chi connectivity index (χ1v) is 10.1. The summed E-state index contributed by atoms with van der Waals surface area (Å²) in [6, 6.07) is 20.7. The van der Waals surface area contributed by atoms with E-state index >= 15 is 0 Å². The van der Waals surface area contributed by atoms with E-state index in [1.165, 1.54) is 24.3 Å². The lowest BCUT2D eigenvalue weighted by atomic mass is 10.1. The molecular weight excluding hydrogens is 453 g/mol. The van der Waals surface area contributed by atoms with Crippen molar-refractivity contribution in [3.8, 4) is 0 Å². The van der Waals surface area contributed by atoms with Crippen LogP contribution in [0.4, 0.5) is 15.8 Å². The topological polar surface area (TPSA) is 53.2 Å². The zero-order valence-corrected chi connectivity index (χ0v) is 18.0. The van der Waals surface area contributed by atoms with Crippen LogP contribution >= 0.6 is 28.1 Å². The normalized spacial score (nSPS) is 11.4. The van der Waals surface area contributed by atoms with Gasteiger partial charge in [0.1, 0.15) is 5.82 Å². The van der Waals surface area contributed by atoms with Crippen LogP contribution in [0.1, 0.15) is 28.9 Å². The molecule has 3 N–H and O–H groups in total. The lowest BCUT2D eigenvalue weighted by Gasteiger charge is -2.17. The lowest BCUT2D eigenvalue weighted by molar-refractivity contribution is 0.102. The molecule has 0 heterocycles. The number of halogens is 2. The molecule has 1 amide bonds. The molecule has 0 saturated heterocycles. The molecule has 0 fully saturated rings. The summed E-state index contributed by atoms with van der Waals surface area (Å²) in [5.74, 6) is -0.678. The SMILES string of the molecule is C[C@H](NC(=S)Nc1ccc(NC(=O)c2ccc(F)cc2)cc1)c1ccc(Br)cc1. The number of anilines is 2. The number of carbonyl (C=O) groups is 1. The van der Waals surface area contributed by atoms with E-state index in [-0.39, 0.29) is 17.8 Å². The predicted octanol–water partition coefficient (Wildman–Crippen LogP) is 5.89. The minimum absolute atomic E-state index is 0.0531. The fourth-order valence-corrected chi connectivity index (χ4v) is 3.20. The Kier molecular flexibility index (Phi) is 6.95. The van der Waals surface area contributed by atoms with E-state index in [9.17, 15) is 9.18 Å². The van der Waals surface area contributed by atoms with Gasteiger partial charge >= 0.3 is 0 Å². The summed E-state index contributed by atoms with van der Waals surface area (Å²) < 4.78 is 14.0. The second-order valence-electron chi connectivity index (χ2n) is 6.41. The fourth-order valence-electron chi connectivity index (χ4n) is 2.64. The molecule has 29 heavy (non-hydrogen) atoms. The Bertz CT molecular complexity index is 992. The third-order valence-electron chi connectivity index (χ3n) is 4.22. The number of benzene rings is 3. The van der Waals surface area contributed by atoms with E-state index in [4.69, 9.17) is 12.2 Å². The molecule has 0 radical (unpaired) electrons. The van der Waals surface area contributed by atoms with Gasteiger partial charge in [-0.2, -0.15) is 0 Å². The summed E-state index contributed by atoms with van der Waals surface area (Å²) in [6.07, 6.45) is 0. The van der Waals surface area contributed by atoms with Crippen molar-refractivity contribution in [3.63, 3.8) is 0 Å². The van der Waals surface area contributed by atoms with Crippen molar-refractivity contribution >= 4 is 50.5 Å². The summed E-state index contributed by atoms with van der Waals surface area (Å²) in [7, 11) is 0. The Hall–Kier alpha value is -2.77. The highest BCUT2D eigenvalue weighted by molar-refractivity contribution is 9.10. The molecule has 3 aromatic carbocycles. The average Bonchev–Trinajstić information content (AvgIpc) is 2.70. The highest BCUT2D eigenvalue weighted by Gasteiger charge is 2.08. The van der Waals surface area contributed by atoms with E-state index in [2.05, 4.69) is 31.9 Å². The Morgan fingerprint density at radius 3 is 2.03 bits per heavy atom. The first-order chi connectivity index (χ1) is 13.9. The molecule has 0 saturated carbocycles. The molecule has 0 aliphatic rings. The summed E-state index contributed by atoms with van der Waals surface area (Å²) in [6.45, 7) is 2.03. The van der Waals surface area contributed by atoms with Gasteiger partial charge in [0.25, 0.3) is 5.91 Å². The summed E-state index contributed by atoms with van der Waals surface area (Å²) >= 11 is 8.81. The zero-order chi connectivity index (χ0) is 20.8. The first kappa shape index (κ1) is 21.0. The van der Waals surface area contributed by atoms with Crippen LogP contribution in [0.5, 0.6) is 0 Å². The van der Waals surface area contributed by atoms with Crippen LogP contribution < -0.4 is 16.0 Å². The monoisotopic (exact) mass is 471 g/mol. The van der Waals surface area contributed by atoms with Crippen molar-refractivity contribution in [1.82, 2.24) is 5.32 Å². The van der Waals surface area contributed by atoms with Gasteiger partial charge in [0, 0.05) is 21.4 Å². The summed E-state index contributed by atoms with van der Waals surface area (Å²) in [5.41, 5.74) is 2.94. The van der Waals surface area contributed by atoms with Crippen molar-refractivity contribution in [1.29, 1.82) is 0 Å². The second kappa shape index (κ2) is 9.62. The molecule has 3 aromatic rings. The van der Waals surface area contributed by atoms with Gasteiger partial charge in [-0.05, 0) is 85.4 Å². The lowest BCUT2D eigenvalue weighted by Crippen LogP contribution is -2.30. The van der Waals surface area contributed by atoms with Crippen LogP contribution in [-0.2, 0) is 0 Å². The smallest absolute Gasteiger partial charge is 0.255 e. The van der Waals surface area contributed by atoms with E-state index in [1.54, 1.807) is 12.1 Å². The maximum atomic E-state index is 13.0. The minimum atomic E-state index is -0.379. The maximum Gasteiger partial charge on any atom is 0.255 e. The van der Waals surface area contributed by atoms with Crippen molar-refractivity contribution in [3.05, 3.63) is 94.2 Å². The van der Waals surface area contributed by atoms with Gasteiger partial charge in [-0.15, -0.1) is 0 Å². The highest BCUT2D eigenvalue weighted by Crippen LogP contribution is 2.18. The van der Waals surface area contributed by atoms with Gasteiger partial charge in [0.15, 0.2) is 5.11 Å². The van der Waals surface area contributed by atoms with Crippen LogP contribution in [0.15, 0.2) is 77.3 Å². The number of amides is 1. The second-order valence-corrected chi connectivity index (χ2v) is 7.73. The van der Waals surface area contributed by atoms with E-state index in [1.807, 2.05) is 43.3 Å². The van der Waals surface area contributed by atoms with E-state index in [0.717, 1.165) is 15.7 Å². The van der Waals surface area contributed by atoms with Crippen LogP contribution in [-0.4, -0.2) is 11.0 Å². The fraction of sp³-hybridized carbons (Fsp3) is 0.0909. The first-order valence-electron chi connectivity index (χ1n) is 8.91. The van der Waals surface area contributed by atoms with Crippen molar-refractivity contribution in [2.75, 3.05) is 10.6 Å². The standard InChI is InChI=1S/C22H19BrFN3OS/c1-14(15-2-6-17(23)7-3-15)25-22(29)27-20-12-10-19(11-13-20)26-21(28)16-4-8-18(24)9-5-16/h2-14H,1H3,(H,26,28)(H2,25,27,29)/t14-/m0/s1. The van der Waals surface area contributed by atoms with E-state index < -0.39 is 0 Å². The number of rotatable bonds is 5. The van der Waals surface area contributed by atoms with Gasteiger partial charge in [-0.25, -0.2) is 4.39 Å². The van der Waals surface area contributed by atoms with Gasteiger partial charge in [0.2, 0.25) is 0 Å². The third-order valence-corrected chi connectivity index (χ3v) is 4.97. The number of nitrogens with one attached hydrogen (secondary N) is 3. The average molecular weight is 472 g/mol. The molecule has 3 rings (SSSR count). The Morgan fingerprint density at radius 2 is 1.45 bits per heavy atom. The maximum absolute atomic E-state index is 13.0. The third kappa shape index (κ3) is 6.10. The van der Waals surface area contributed by atoms with Crippen molar-refractivity contribution in [2.24, 2.45) is 0 Å². The Labute approximate surface area is 182 Å². The molecule has 7 heteroatoms. The largest absolute Gasteiger partial charge is 0.356 e. The van der Waals surface area contributed by atoms with Crippen LogP contribution in [0, 0.1) is 5.82 Å². The molecule has 148 valence electrons. The zero-order valence-electron chi connectivity index (χ0n) is 15.6. The van der Waals surface area contributed by atoms with Gasteiger partial charge < -0.3 is 16.0 Å². The van der Waals surface area contributed by atoms with Crippen LogP contribution in [0.3, 0.4) is 0 Å². The van der Waals surface area contributed by atoms with Crippen molar-refractivity contribution < 1.29 is 9.18 Å². The number of carbonyl (C=O) groups excluding carboxylic acids is 1. The molecule has 0 unspecified atom stereocenters. The molecule has 0 aliphatic carbocycles. The van der Waals surface area contributed by atoms with Gasteiger partial charge in [-0.1, -0.05) is 28.1 Å². The molecule has 1 atom stereocenters. The Morgan fingerprint density at radius 1 is 0.897 bits per heavy atom. The molecule has 0 aliphatic heterocycles. The van der Waals surface area contributed by atoms with Crippen molar-refractivity contribution in [2.45, 2.75) is 13.0 Å². The number of thiocarbonyl (C=S) groups is 1. The highest BCUT2D eigenvalue weighted by atomic mass is 79.9. The summed E-state index contributed by atoms with van der Waals surface area (Å²) in [5, 5.41) is 9.65. The summed E-state index contributed by atoms with van der Waals surface area (Å²) in [4.78, 5) is 12.2. The van der Waals surface area contributed by atoms with Crippen LogP contribution in [0.2, 0.25) is 0 Å². The number of hydrogen-bond donors (Lipinski definition) is 3. The predicted molar refractivity (Wildman–Crippen MR) is 123 cm³/mol. The van der Waals surface area contributed by atoms with Crippen LogP contribution in [0.25, 0.3) is 0 Å². The Balaban J connectivity index is 1.54. The quantitative estimate of drug-likeness (QED) is 0.406. The molecular formula is C22H19BrFN3OS. The minimum Gasteiger partial charge on any atom is -0.356 e. The molecule has 4 nitrogen and oxygen atoms in total. The van der Waals surface area contributed by atoms with Gasteiger partial charge in [-0.3, -0.25) is 4.79 Å². The molecule has 0 bridgehead atoms. The molecule has 0 spiro atoms. The van der Waals surface area contributed by atoms with E-state index in [0.29, 0.717) is 16.4 Å². The molecule has 0 aromatic heterocycles. The number of hydrogen-bond acceptors (Lipinski definition) is 2.